The number of nitrogens with zero attached hydrogens (tertiary/aromatic N) is 3. The molecule has 7 heteroatoms. The Morgan fingerprint density at radius 1 is 1.00 bits per heavy atom. The van der Waals surface area contributed by atoms with E-state index >= 15 is 0 Å². The van der Waals surface area contributed by atoms with E-state index in [-0.39, 0.29) is 18.4 Å². The van der Waals surface area contributed by atoms with Crippen LogP contribution in [-0.4, -0.2) is 59.3 Å². The maximum atomic E-state index is 12.8. The van der Waals surface area contributed by atoms with Crippen molar-refractivity contribution in [1.82, 2.24) is 20.1 Å². The predicted octanol–water partition coefficient (Wildman–Crippen LogP) is 3.25. The number of piperazine rings is 1. The number of amides is 2. The molecule has 5 aliphatic rings. The van der Waals surface area contributed by atoms with E-state index in [1.165, 1.54) is 25.7 Å². The van der Waals surface area contributed by atoms with Gasteiger partial charge in [0.2, 0.25) is 11.8 Å². The van der Waals surface area contributed by atoms with Gasteiger partial charge in [-0.25, -0.2) is 0 Å². The lowest BCUT2D eigenvalue weighted by molar-refractivity contribution is -0.430. The molecule has 2 atom stereocenters. The lowest BCUT2D eigenvalue weighted by Crippen LogP contribution is -2.85. The van der Waals surface area contributed by atoms with E-state index in [0.29, 0.717) is 36.9 Å². The maximum Gasteiger partial charge on any atom is 0.242 e. The van der Waals surface area contributed by atoms with Gasteiger partial charge in [0.1, 0.15) is 12.4 Å². The molecule has 7 rings (SSSR count). The van der Waals surface area contributed by atoms with Crippen molar-refractivity contribution in [2.24, 2.45) is 28.6 Å². The van der Waals surface area contributed by atoms with Gasteiger partial charge in [0.25, 0.3) is 0 Å². The van der Waals surface area contributed by atoms with E-state index in [9.17, 15) is 9.59 Å². The van der Waals surface area contributed by atoms with Crippen molar-refractivity contribution in [3.05, 3.63) is 59.9 Å². The molecule has 1 N–H and O–H groups in total. The first-order valence-corrected chi connectivity index (χ1v) is 13.9. The van der Waals surface area contributed by atoms with Gasteiger partial charge in [0.15, 0.2) is 0 Å². The van der Waals surface area contributed by atoms with Crippen LogP contribution >= 0.6 is 0 Å². The molecule has 1 spiro atoms. The first-order chi connectivity index (χ1) is 18.1. The summed E-state index contributed by atoms with van der Waals surface area (Å²) in [4.78, 5) is 34.0. The van der Waals surface area contributed by atoms with Gasteiger partial charge >= 0.3 is 0 Å². The zero-order valence-electron chi connectivity index (χ0n) is 21.4. The second kappa shape index (κ2) is 8.83. The van der Waals surface area contributed by atoms with E-state index in [1.54, 1.807) is 6.20 Å². The number of hydrogen-bond donors (Lipinski definition) is 1. The van der Waals surface area contributed by atoms with Crippen molar-refractivity contribution in [3.63, 3.8) is 0 Å². The number of aromatic nitrogens is 1. The van der Waals surface area contributed by atoms with Crippen molar-refractivity contribution in [2.45, 2.75) is 45.3 Å². The number of benzene rings is 1. The second-order valence-corrected chi connectivity index (χ2v) is 12.1. The lowest BCUT2D eigenvalue weighted by Gasteiger charge is -2.91. The van der Waals surface area contributed by atoms with Crippen LogP contribution in [0.25, 0.3) is 0 Å². The summed E-state index contributed by atoms with van der Waals surface area (Å²) in [6.45, 7) is 4.40. The molecule has 4 aliphatic carbocycles. The van der Waals surface area contributed by atoms with Crippen LogP contribution in [0.2, 0.25) is 0 Å². The second-order valence-electron chi connectivity index (χ2n) is 12.1. The molecular weight excluding hydrogens is 464 g/mol. The highest BCUT2D eigenvalue weighted by atomic mass is 16.5. The first kappa shape index (κ1) is 23.2. The van der Waals surface area contributed by atoms with Crippen molar-refractivity contribution in [1.29, 1.82) is 0 Å². The maximum absolute atomic E-state index is 12.8. The molecular formula is C30H36N4O3. The Balaban J connectivity index is 0.857. The number of rotatable bonds is 9. The molecule has 5 fully saturated rings. The summed E-state index contributed by atoms with van der Waals surface area (Å²) < 4.78 is 6.09. The van der Waals surface area contributed by atoms with Crippen LogP contribution in [0.3, 0.4) is 0 Å². The summed E-state index contributed by atoms with van der Waals surface area (Å²) in [5.74, 6) is 3.74. The van der Waals surface area contributed by atoms with Gasteiger partial charge in [-0.15, -0.1) is 0 Å². The minimum atomic E-state index is 0.0343. The highest BCUT2D eigenvalue weighted by Crippen LogP contribution is 2.93. The minimum Gasteiger partial charge on any atom is -0.489 e. The van der Waals surface area contributed by atoms with Crippen LogP contribution in [0.4, 0.5) is 0 Å². The molecule has 4 saturated carbocycles. The highest BCUT2D eigenvalue weighted by Gasteiger charge is 2.87. The third-order valence-corrected chi connectivity index (χ3v) is 10.5. The number of hydrogen-bond acceptors (Lipinski definition) is 5. The number of para-hydroxylation sites is 1. The van der Waals surface area contributed by atoms with Crippen LogP contribution in [-0.2, 0) is 22.7 Å². The number of carbonyl (C=O) groups is 2. The molecule has 2 amide bonds. The molecule has 2 aromatic rings. The largest absolute Gasteiger partial charge is 0.489 e. The molecule has 7 nitrogen and oxygen atoms in total. The van der Waals surface area contributed by atoms with Gasteiger partial charge in [-0.05, 0) is 66.4 Å². The highest BCUT2D eigenvalue weighted by molar-refractivity contribution is 5.85. The standard InChI is InChI=1S/C30H36N4O3/c35-27(16-29-14-24-12-23-13-25(15-29)30(23,24)29)32-18-28(36)34-10-8-33(9-11-34)19-22-5-1-2-6-26(22)37-20-21-4-3-7-31-17-21/h1-7,17,23-25H,8-16,18-20H2,(H,32,35). The van der Waals surface area contributed by atoms with Crippen LogP contribution in [0.1, 0.15) is 43.2 Å². The molecule has 1 aliphatic heterocycles. The van der Waals surface area contributed by atoms with Crippen LogP contribution in [0, 0.1) is 28.6 Å². The van der Waals surface area contributed by atoms with Gasteiger partial charge in [-0.3, -0.25) is 19.5 Å². The number of pyridine rings is 1. The summed E-state index contributed by atoms with van der Waals surface area (Å²) in [7, 11) is 0. The van der Waals surface area contributed by atoms with E-state index in [1.807, 2.05) is 41.4 Å². The Bertz CT molecular complexity index is 1170. The summed E-state index contributed by atoms with van der Waals surface area (Å²) >= 11 is 0. The zero-order valence-corrected chi connectivity index (χ0v) is 21.4. The third-order valence-electron chi connectivity index (χ3n) is 10.5. The van der Waals surface area contributed by atoms with Crippen LogP contribution < -0.4 is 10.1 Å². The van der Waals surface area contributed by atoms with Gasteiger partial charge in [0, 0.05) is 62.7 Å². The predicted molar refractivity (Wildman–Crippen MR) is 138 cm³/mol. The summed E-state index contributed by atoms with van der Waals surface area (Å²) in [5, 5.41) is 2.97. The topological polar surface area (TPSA) is 74.8 Å². The van der Waals surface area contributed by atoms with Crippen molar-refractivity contribution in [2.75, 3.05) is 32.7 Å². The Morgan fingerprint density at radius 3 is 2.49 bits per heavy atom. The average Bonchev–Trinajstić information content (AvgIpc) is 2.88. The Labute approximate surface area is 218 Å². The summed E-state index contributed by atoms with van der Waals surface area (Å²) in [5.41, 5.74) is 3.04. The molecule has 0 radical (unpaired) electrons. The van der Waals surface area contributed by atoms with Crippen molar-refractivity contribution in [3.8, 4) is 5.75 Å². The Hall–Kier alpha value is -2.93. The summed E-state index contributed by atoms with van der Waals surface area (Å²) in [6.07, 6.45) is 9.55. The van der Waals surface area contributed by atoms with Crippen molar-refractivity contribution >= 4 is 11.8 Å². The van der Waals surface area contributed by atoms with Gasteiger partial charge in [0.05, 0.1) is 6.54 Å². The molecule has 194 valence electrons. The molecule has 2 heterocycles. The van der Waals surface area contributed by atoms with Gasteiger partial charge in [-0.1, -0.05) is 24.3 Å². The molecule has 1 saturated heterocycles. The van der Waals surface area contributed by atoms with E-state index < -0.39 is 0 Å². The smallest absolute Gasteiger partial charge is 0.242 e. The third kappa shape index (κ3) is 3.61. The van der Waals surface area contributed by atoms with E-state index in [4.69, 9.17) is 4.74 Å². The van der Waals surface area contributed by atoms with Crippen LogP contribution in [0.5, 0.6) is 5.75 Å². The molecule has 37 heavy (non-hydrogen) atoms. The fourth-order valence-electron chi connectivity index (χ4n) is 8.93. The molecule has 1 aromatic carbocycles. The van der Waals surface area contributed by atoms with Crippen molar-refractivity contribution < 1.29 is 14.3 Å². The van der Waals surface area contributed by atoms with E-state index in [0.717, 1.165) is 54.3 Å². The van der Waals surface area contributed by atoms with Gasteiger partial charge < -0.3 is 15.0 Å². The molecule has 2 unspecified atom stereocenters. The minimum absolute atomic E-state index is 0.0343. The average molecular weight is 501 g/mol. The molecule has 0 bridgehead atoms. The summed E-state index contributed by atoms with van der Waals surface area (Å²) in [6, 6.07) is 12.1. The SMILES string of the molecule is O=C(CC12CC3CC4CC(C1)C432)NCC(=O)N1CCN(Cc2ccccc2OCc2cccnc2)CC1. The molecule has 1 aromatic heterocycles. The fourth-order valence-corrected chi connectivity index (χ4v) is 8.93. The Kier molecular flexibility index (Phi) is 5.54. The monoisotopic (exact) mass is 500 g/mol. The van der Waals surface area contributed by atoms with Crippen LogP contribution in [0.15, 0.2) is 48.8 Å². The number of ether oxygens (including phenoxy) is 1. The number of nitrogens with one attached hydrogen (secondary N) is 1. The van der Waals surface area contributed by atoms with Gasteiger partial charge in [-0.2, -0.15) is 0 Å². The Morgan fingerprint density at radius 2 is 1.78 bits per heavy atom. The quantitative estimate of drug-likeness (QED) is 0.572. The van der Waals surface area contributed by atoms with E-state index in [2.05, 4.69) is 21.3 Å². The fraction of sp³-hybridized carbons (Fsp3) is 0.567. The zero-order chi connectivity index (χ0) is 25.0. The first-order valence-electron chi connectivity index (χ1n) is 13.9. The normalized spacial score (nSPS) is 33.0. The number of carbonyl (C=O) groups excluding carboxylic acids is 2. The lowest BCUT2D eigenvalue weighted by atomic mass is 9.13.